The minimum absolute atomic E-state index is 0.756. The standard InChI is InChI=1S/C13H15NO2S/c1-9-8-14-13(17-9)7-10-4-5-11(15-2)12(6-10)16-3/h4-6,8H,7H2,1-3H3. The Morgan fingerprint density at radius 1 is 1.18 bits per heavy atom. The molecule has 17 heavy (non-hydrogen) atoms. The van der Waals surface area contributed by atoms with Gasteiger partial charge in [-0.1, -0.05) is 6.07 Å². The first-order valence-corrected chi connectivity index (χ1v) is 6.17. The van der Waals surface area contributed by atoms with Gasteiger partial charge < -0.3 is 9.47 Å². The lowest BCUT2D eigenvalue weighted by atomic mass is 10.1. The average molecular weight is 249 g/mol. The second kappa shape index (κ2) is 5.19. The minimum Gasteiger partial charge on any atom is -0.493 e. The monoisotopic (exact) mass is 249 g/mol. The maximum Gasteiger partial charge on any atom is 0.160 e. The smallest absolute Gasteiger partial charge is 0.160 e. The molecular formula is C13H15NO2S. The first kappa shape index (κ1) is 11.9. The Balaban J connectivity index is 2.22. The largest absolute Gasteiger partial charge is 0.493 e. The summed E-state index contributed by atoms with van der Waals surface area (Å²) in [5.41, 5.74) is 1.18. The van der Waals surface area contributed by atoms with Gasteiger partial charge in [0.25, 0.3) is 0 Å². The van der Waals surface area contributed by atoms with Gasteiger partial charge >= 0.3 is 0 Å². The normalized spacial score (nSPS) is 10.3. The van der Waals surface area contributed by atoms with E-state index in [0.29, 0.717) is 0 Å². The average Bonchev–Trinajstić information content (AvgIpc) is 2.74. The van der Waals surface area contributed by atoms with E-state index in [9.17, 15) is 0 Å². The summed E-state index contributed by atoms with van der Waals surface area (Å²) in [6, 6.07) is 5.96. The molecule has 1 aromatic heterocycles. The van der Waals surface area contributed by atoms with Gasteiger partial charge in [0.1, 0.15) is 0 Å². The Labute approximate surface area is 105 Å². The summed E-state index contributed by atoms with van der Waals surface area (Å²) in [5.74, 6) is 1.52. The number of benzene rings is 1. The molecular weight excluding hydrogens is 234 g/mol. The quantitative estimate of drug-likeness (QED) is 0.834. The van der Waals surface area contributed by atoms with Crippen LogP contribution in [0.5, 0.6) is 11.5 Å². The van der Waals surface area contributed by atoms with Crippen molar-refractivity contribution in [3.8, 4) is 11.5 Å². The van der Waals surface area contributed by atoms with E-state index < -0.39 is 0 Å². The molecule has 0 amide bonds. The van der Waals surface area contributed by atoms with E-state index in [1.807, 2.05) is 24.4 Å². The number of ether oxygens (including phenoxy) is 2. The highest BCUT2D eigenvalue weighted by atomic mass is 32.1. The van der Waals surface area contributed by atoms with E-state index in [0.717, 1.165) is 22.9 Å². The van der Waals surface area contributed by atoms with Crippen LogP contribution in [0.4, 0.5) is 0 Å². The molecule has 0 unspecified atom stereocenters. The molecule has 1 aromatic carbocycles. The lowest BCUT2D eigenvalue weighted by molar-refractivity contribution is 0.354. The molecule has 90 valence electrons. The summed E-state index contributed by atoms with van der Waals surface area (Å²) in [6.07, 6.45) is 2.74. The van der Waals surface area contributed by atoms with Crippen LogP contribution in [0.25, 0.3) is 0 Å². The predicted molar refractivity (Wildman–Crippen MR) is 69.2 cm³/mol. The molecule has 0 radical (unpaired) electrons. The molecule has 2 rings (SSSR count). The molecule has 0 saturated heterocycles. The third-order valence-corrected chi connectivity index (χ3v) is 3.39. The van der Waals surface area contributed by atoms with Crippen LogP contribution in [0.2, 0.25) is 0 Å². The van der Waals surface area contributed by atoms with Gasteiger partial charge in [-0.2, -0.15) is 0 Å². The van der Waals surface area contributed by atoms with Crippen molar-refractivity contribution in [1.29, 1.82) is 0 Å². The molecule has 0 fully saturated rings. The second-order valence-corrected chi connectivity index (χ2v) is 5.05. The minimum atomic E-state index is 0.756. The highest BCUT2D eigenvalue weighted by Crippen LogP contribution is 2.28. The van der Waals surface area contributed by atoms with Crippen molar-refractivity contribution in [3.05, 3.63) is 39.8 Å². The molecule has 2 aromatic rings. The Bertz CT molecular complexity index is 508. The molecule has 0 aliphatic carbocycles. The van der Waals surface area contributed by atoms with Gasteiger partial charge in [-0.3, -0.25) is 0 Å². The topological polar surface area (TPSA) is 31.4 Å². The lowest BCUT2D eigenvalue weighted by Gasteiger charge is -2.08. The Hall–Kier alpha value is -1.55. The number of thiazole rings is 1. The highest BCUT2D eigenvalue weighted by molar-refractivity contribution is 7.11. The van der Waals surface area contributed by atoms with E-state index in [4.69, 9.17) is 9.47 Å². The van der Waals surface area contributed by atoms with Gasteiger partial charge in [-0.05, 0) is 24.6 Å². The summed E-state index contributed by atoms with van der Waals surface area (Å²) < 4.78 is 10.5. The summed E-state index contributed by atoms with van der Waals surface area (Å²) in [4.78, 5) is 5.59. The number of rotatable bonds is 4. The molecule has 0 atom stereocenters. The van der Waals surface area contributed by atoms with Crippen molar-refractivity contribution in [1.82, 2.24) is 4.98 Å². The first-order valence-electron chi connectivity index (χ1n) is 5.35. The van der Waals surface area contributed by atoms with Gasteiger partial charge in [-0.15, -0.1) is 11.3 Å². The van der Waals surface area contributed by atoms with E-state index in [1.165, 1.54) is 10.4 Å². The SMILES string of the molecule is COc1ccc(Cc2ncc(C)s2)cc1OC. The fraction of sp³-hybridized carbons (Fsp3) is 0.308. The number of methoxy groups -OCH3 is 2. The number of aryl methyl sites for hydroxylation is 1. The van der Waals surface area contributed by atoms with Crippen LogP contribution in [0.1, 0.15) is 15.4 Å². The molecule has 0 N–H and O–H groups in total. The third kappa shape index (κ3) is 2.77. The maximum absolute atomic E-state index is 5.28. The van der Waals surface area contributed by atoms with Gasteiger partial charge in [0.2, 0.25) is 0 Å². The number of hydrogen-bond acceptors (Lipinski definition) is 4. The van der Waals surface area contributed by atoms with Crippen LogP contribution in [-0.4, -0.2) is 19.2 Å². The summed E-state index contributed by atoms with van der Waals surface area (Å²) in [7, 11) is 3.29. The molecule has 4 heteroatoms. The van der Waals surface area contributed by atoms with Crippen LogP contribution >= 0.6 is 11.3 Å². The number of hydrogen-bond donors (Lipinski definition) is 0. The van der Waals surface area contributed by atoms with Crippen LogP contribution in [0, 0.1) is 6.92 Å². The molecule has 3 nitrogen and oxygen atoms in total. The zero-order valence-electron chi connectivity index (χ0n) is 10.2. The summed E-state index contributed by atoms with van der Waals surface area (Å²) >= 11 is 1.72. The highest BCUT2D eigenvalue weighted by Gasteiger charge is 2.06. The van der Waals surface area contributed by atoms with E-state index in [1.54, 1.807) is 25.6 Å². The van der Waals surface area contributed by atoms with Crippen molar-refractivity contribution < 1.29 is 9.47 Å². The Morgan fingerprint density at radius 3 is 2.53 bits per heavy atom. The van der Waals surface area contributed by atoms with Gasteiger partial charge in [0.05, 0.1) is 19.2 Å². The van der Waals surface area contributed by atoms with E-state index >= 15 is 0 Å². The van der Waals surface area contributed by atoms with Crippen molar-refractivity contribution in [2.24, 2.45) is 0 Å². The Morgan fingerprint density at radius 2 is 1.94 bits per heavy atom. The fourth-order valence-electron chi connectivity index (χ4n) is 1.65. The van der Waals surface area contributed by atoms with Crippen LogP contribution in [0.15, 0.2) is 24.4 Å². The second-order valence-electron chi connectivity index (χ2n) is 3.73. The first-order chi connectivity index (χ1) is 8.22. The molecule has 0 bridgehead atoms. The van der Waals surface area contributed by atoms with Crippen LogP contribution in [-0.2, 0) is 6.42 Å². The van der Waals surface area contributed by atoms with Crippen LogP contribution in [0.3, 0.4) is 0 Å². The lowest BCUT2D eigenvalue weighted by Crippen LogP contribution is -1.93. The van der Waals surface area contributed by atoms with Gasteiger partial charge in [0.15, 0.2) is 11.5 Å². The molecule has 0 aliphatic rings. The summed E-state index contributed by atoms with van der Waals surface area (Å²) in [6.45, 7) is 2.07. The predicted octanol–water partition coefficient (Wildman–Crippen LogP) is 3.06. The van der Waals surface area contributed by atoms with Crippen molar-refractivity contribution in [2.45, 2.75) is 13.3 Å². The third-order valence-electron chi connectivity index (χ3n) is 2.47. The number of nitrogens with zero attached hydrogens (tertiary/aromatic N) is 1. The zero-order chi connectivity index (χ0) is 12.3. The van der Waals surface area contributed by atoms with Crippen molar-refractivity contribution in [2.75, 3.05) is 14.2 Å². The van der Waals surface area contributed by atoms with Gasteiger partial charge in [0, 0.05) is 17.5 Å². The molecule has 0 aliphatic heterocycles. The zero-order valence-corrected chi connectivity index (χ0v) is 11.0. The van der Waals surface area contributed by atoms with Crippen molar-refractivity contribution >= 4 is 11.3 Å². The Kier molecular flexibility index (Phi) is 3.64. The molecule has 0 saturated carbocycles. The van der Waals surface area contributed by atoms with E-state index in [2.05, 4.69) is 11.9 Å². The molecule has 0 spiro atoms. The van der Waals surface area contributed by atoms with Gasteiger partial charge in [-0.25, -0.2) is 4.98 Å². The maximum atomic E-state index is 5.28. The fourth-order valence-corrected chi connectivity index (χ4v) is 2.47. The summed E-state index contributed by atoms with van der Waals surface area (Å²) in [5, 5.41) is 1.12. The number of aromatic nitrogens is 1. The van der Waals surface area contributed by atoms with E-state index in [-0.39, 0.29) is 0 Å². The molecule has 1 heterocycles. The van der Waals surface area contributed by atoms with Crippen LogP contribution < -0.4 is 9.47 Å². The van der Waals surface area contributed by atoms with Crippen molar-refractivity contribution in [3.63, 3.8) is 0 Å².